The molecule has 0 spiro atoms. The molecule has 9 heteroatoms. The second-order valence-corrected chi connectivity index (χ2v) is 24.5. The Hall–Kier alpha value is -2.49. The molecule has 79 heavy (non-hydrogen) atoms. The van der Waals surface area contributed by atoms with E-state index in [-0.39, 0.29) is 32.2 Å². The largest absolute Gasteiger partial charge is 0.545 e. The van der Waals surface area contributed by atoms with Crippen LogP contribution in [0.1, 0.15) is 335 Å². The molecule has 464 valence electrons. The number of carboxylic acids is 1. The molecule has 0 fully saturated rings. The van der Waals surface area contributed by atoms with E-state index in [9.17, 15) is 19.5 Å². The van der Waals surface area contributed by atoms with Gasteiger partial charge in [0.1, 0.15) is 13.2 Å². The van der Waals surface area contributed by atoms with Crippen LogP contribution in [0, 0.1) is 0 Å². The number of nitrogens with zero attached hydrogens (tertiary/aromatic N) is 1. The van der Waals surface area contributed by atoms with E-state index < -0.39 is 24.3 Å². The van der Waals surface area contributed by atoms with Crippen molar-refractivity contribution in [2.24, 2.45) is 0 Å². The summed E-state index contributed by atoms with van der Waals surface area (Å²) in [6, 6.07) is 0. The SMILES string of the molecule is CCCCCCC/C=C\C/C=C\CCCCCCCCCCCCCCCCCCCCCCCCCC(=O)OC(COC(=O)CCCCCCCCCCC/C=C\CCCCCCCC)COC(OCC[N+](C)(C)C)C(=O)[O-]. The molecule has 0 amide bonds. The molecule has 0 aromatic rings. The smallest absolute Gasteiger partial charge is 0.306 e. The number of allylic oxidation sites excluding steroid dienone is 6. The first-order valence-corrected chi connectivity index (χ1v) is 34.1. The van der Waals surface area contributed by atoms with Crippen LogP contribution in [0.5, 0.6) is 0 Å². The Morgan fingerprint density at radius 3 is 1.01 bits per heavy atom. The number of unbranched alkanes of at least 4 members (excludes halogenated alkanes) is 43. The number of carbonyl (C=O) groups excluding carboxylic acids is 3. The molecule has 2 unspecified atom stereocenters. The van der Waals surface area contributed by atoms with Gasteiger partial charge in [0.25, 0.3) is 0 Å². The molecule has 2 atom stereocenters. The number of hydrogen-bond donors (Lipinski definition) is 0. The monoisotopic (exact) mass is 1110 g/mol. The van der Waals surface area contributed by atoms with Crippen molar-refractivity contribution in [3.05, 3.63) is 36.5 Å². The molecule has 0 aliphatic heterocycles. The van der Waals surface area contributed by atoms with E-state index in [1.165, 1.54) is 263 Å². The van der Waals surface area contributed by atoms with E-state index in [0.717, 1.165) is 44.9 Å². The topological polar surface area (TPSA) is 111 Å². The molecule has 0 heterocycles. The van der Waals surface area contributed by atoms with Crippen LogP contribution in [0.2, 0.25) is 0 Å². The highest BCUT2D eigenvalue weighted by Gasteiger charge is 2.22. The Balaban J connectivity index is 4.02. The van der Waals surface area contributed by atoms with Crippen molar-refractivity contribution in [2.45, 2.75) is 347 Å². The van der Waals surface area contributed by atoms with Crippen molar-refractivity contribution in [3.8, 4) is 0 Å². The fourth-order valence-corrected chi connectivity index (χ4v) is 10.1. The lowest BCUT2D eigenvalue weighted by Crippen LogP contribution is -2.44. The molecule has 9 nitrogen and oxygen atoms in total. The molecule has 0 aromatic heterocycles. The van der Waals surface area contributed by atoms with Gasteiger partial charge in [-0.15, -0.1) is 0 Å². The number of likely N-dealkylation sites (N-methyl/N-ethyl adjacent to an activating group) is 1. The average molecular weight is 1110 g/mol. The Morgan fingerprint density at radius 1 is 0.380 bits per heavy atom. The Bertz CT molecular complexity index is 1390. The van der Waals surface area contributed by atoms with Crippen LogP contribution >= 0.6 is 0 Å². The van der Waals surface area contributed by atoms with Crippen molar-refractivity contribution in [1.29, 1.82) is 0 Å². The normalized spacial score (nSPS) is 12.9. The summed E-state index contributed by atoms with van der Waals surface area (Å²) in [7, 11) is 5.94. The van der Waals surface area contributed by atoms with Crippen LogP contribution in [0.4, 0.5) is 0 Å². The molecule has 0 rings (SSSR count). The lowest BCUT2D eigenvalue weighted by molar-refractivity contribution is -0.870. The summed E-state index contributed by atoms with van der Waals surface area (Å²) in [5.74, 6) is -2.26. The maximum atomic E-state index is 12.9. The van der Waals surface area contributed by atoms with Gasteiger partial charge in [-0.1, -0.05) is 288 Å². The van der Waals surface area contributed by atoms with Crippen molar-refractivity contribution >= 4 is 17.9 Å². The van der Waals surface area contributed by atoms with Crippen molar-refractivity contribution in [1.82, 2.24) is 0 Å². The molecule has 0 saturated carbocycles. The third-order valence-electron chi connectivity index (χ3n) is 15.4. The second-order valence-electron chi connectivity index (χ2n) is 24.5. The molecule has 0 N–H and O–H groups in total. The number of aliphatic carboxylic acids is 1. The molecule has 0 radical (unpaired) electrons. The second kappa shape index (κ2) is 61.6. The highest BCUT2D eigenvalue weighted by Crippen LogP contribution is 2.18. The van der Waals surface area contributed by atoms with Gasteiger partial charge < -0.3 is 33.3 Å². The van der Waals surface area contributed by atoms with E-state index in [0.29, 0.717) is 17.4 Å². The van der Waals surface area contributed by atoms with Gasteiger partial charge in [0.2, 0.25) is 0 Å². The number of rotatable bonds is 64. The summed E-state index contributed by atoms with van der Waals surface area (Å²) in [6.45, 7) is 4.79. The van der Waals surface area contributed by atoms with Crippen LogP contribution in [0.25, 0.3) is 0 Å². The van der Waals surface area contributed by atoms with Gasteiger partial charge in [0, 0.05) is 12.8 Å². The lowest BCUT2D eigenvalue weighted by atomic mass is 10.0. The van der Waals surface area contributed by atoms with E-state index in [2.05, 4.69) is 50.3 Å². The molecule has 0 aliphatic rings. The molecule has 0 aliphatic carbocycles. The van der Waals surface area contributed by atoms with Crippen molar-refractivity contribution in [3.63, 3.8) is 0 Å². The van der Waals surface area contributed by atoms with Gasteiger partial charge in [-0.2, -0.15) is 0 Å². The summed E-state index contributed by atoms with van der Waals surface area (Å²) < 4.78 is 22.8. The van der Waals surface area contributed by atoms with Crippen LogP contribution in [-0.4, -0.2) is 82.3 Å². The van der Waals surface area contributed by atoms with Crippen molar-refractivity contribution < 1.29 is 42.9 Å². The summed E-state index contributed by atoms with van der Waals surface area (Å²) in [5, 5.41) is 11.8. The zero-order valence-corrected chi connectivity index (χ0v) is 53.0. The Labute approximate surface area is 490 Å². The predicted molar refractivity (Wildman–Crippen MR) is 334 cm³/mol. The highest BCUT2D eigenvalue weighted by molar-refractivity contribution is 5.70. The number of carboxylic acid groups (broad SMARTS) is 1. The molecular formula is C70H131NO8. The number of carbonyl (C=O) groups is 3. The van der Waals surface area contributed by atoms with Crippen LogP contribution in [0.15, 0.2) is 36.5 Å². The zero-order chi connectivity index (χ0) is 57.6. The fraction of sp³-hybridized carbons (Fsp3) is 0.871. The van der Waals surface area contributed by atoms with Gasteiger partial charge in [-0.3, -0.25) is 9.59 Å². The Kier molecular flexibility index (Phi) is 59.6. The molecular weight excluding hydrogens is 983 g/mol. The fourth-order valence-electron chi connectivity index (χ4n) is 10.1. The lowest BCUT2D eigenvalue weighted by Gasteiger charge is -2.26. The third-order valence-corrected chi connectivity index (χ3v) is 15.4. The van der Waals surface area contributed by atoms with Crippen LogP contribution in [0.3, 0.4) is 0 Å². The summed E-state index contributed by atoms with van der Waals surface area (Å²) in [6.07, 6.45) is 73.7. The minimum atomic E-state index is -1.62. The van der Waals surface area contributed by atoms with E-state index in [1.807, 2.05) is 21.1 Å². The van der Waals surface area contributed by atoms with E-state index in [1.54, 1.807) is 0 Å². The number of ether oxygens (including phenoxy) is 4. The van der Waals surface area contributed by atoms with Gasteiger partial charge in [0.05, 0.1) is 40.3 Å². The Morgan fingerprint density at radius 2 is 0.684 bits per heavy atom. The average Bonchev–Trinajstić information content (AvgIpc) is 3.42. The maximum absolute atomic E-state index is 12.9. The number of hydrogen-bond acceptors (Lipinski definition) is 8. The first kappa shape index (κ1) is 76.5. The number of esters is 2. The van der Waals surface area contributed by atoms with Crippen LogP contribution in [-0.2, 0) is 33.3 Å². The maximum Gasteiger partial charge on any atom is 0.306 e. The van der Waals surface area contributed by atoms with Crippen molar-refractivity contribution in [2.75, 3.05) is 47.5 Å². The van der Waals surface area contributed by atoms with Gasteiger partial charge in [-0.25, -0.2) is 0 Å². The van der Waals surface area contributed by atoms with Crippen LogP contribution < -0.4 is 5.11 Å². The number of quaternary nitrogens is 1. The molecule has 0 bridgehead atoms. The third kappa shape index (κ3) is 63.0. The summed E-state index contributed by atoms with van der Waals surface area (Å²) in [4.78, 5) is 37.4. The molecule has 0 aromatic carbocycles. The summed E-state index contributed by atoms with van der Waals surface area (Å²) in [5.41, 5.74) is 0. The van der Waals surface area contributed by atoms with E-state index in [4.69, 9.17) is 18.9 Å². The van der Waals surface area contributed by atoms with Gasteiger partial charge in [0.15, 0.2) is 12.4 Å². The van der Waals surface area contributed by atoms with E-state index >= 15 is 0 Å². The summed E-state index contributed by atoms with van der Waals surface area (Å²) >= 11 is 0. The standard InChI is InChI=1S/C70H131NO8/c1-6-8-10-12-14-16-18-20-22-24-26-27-28-29-30-31-32-33-34-35-36-37-38-39-40-41-43-45-47-49-51-53-55-57-59-61-68(73)79-66(65-78-70(69(74)75)76-63-62-71(3,4)5)64-77-67(72)60-58-56-54-52-50-48-46-44-42-25-23-21-19-17-15-13-11-9-7-2/h18,20-21,23-24,26,66,70H,6-17,19,22,25,27-65H2,1-5H3/b20-18-,23-21-,26-24-. The first-order valence-electron chi connectivity index (χ1n) is 34.1. The first-order chi connectivity index (χ1) is 38.6. The molecule has 0 saturated heterocycles. The minimum Gasteiger partial charge on any atom is -0.545 e. The predicted octanol–water partition coefficient (Wildman–Crippen LogP) is 19.5. The highest BCUT2D eigenvalue weighted by atomic mass is 16.7. The zero-order valence-electron chi connectivity index (χ0n) is 53.0. The van der Waals surface area contributed by atoms with Gasteiger partial charge >= 0.3 is 11.9 Å². The minimum absolute atomic E-state index is 0.150. The quantitative estimate of drug-likeness (QED) is 0.0195. The van der Waals surface area contributed by atoms with Gasteiger partial charge in [-0.05, 0) is 70.6 Å².